The Morgan fingerprint density at radius 1 is 1.04 bits per heavy atom. The van der Waals surface area contributed by atoms with Crippen molar-refractivity contribution in [3.63, 3.8) is 0 Å². The van der Waals surface area contributed by atoms with E-state index in [1.165, 1.54) is 11.3 Å². The first-order chi connectivity index (χ1) is 12.2. The zero-order chi connectivity index (χ0) is 17.5. The highest BCUT2D eigenvalue weighted by Gasteiger charge is 2.17. The molecule has 25 heavy (non-hydrogen) atoms. The number of piperazine rings is 1. The van der Waals surface area contributed by atoms with Crippen molar-refractivity contribution in [2.45, 2.75) is 6.54 Å². The fraction of sp³-hybridized carbons (Fsp3) is 0.263. The van der Waals surface area contributed by atoms with Gasteiger partial charge in [0.2, 0.25) is 0 Å². The maximum Gasteiger partial charge on any atom is 0.332 e. The molecule has 0 aromatic heterocycles. The molecule has 1 aliphatic heterocycles. The molecule has 0 saturated carbocycles. The van der Waals surface area contributed by atoms with Gasteiger partial charge >= 0.3 is 6.03 Å². The first-order valence-electron chi connectivity index (χ1n) is 8.40. The Balaban J connectivity index is 1.51. The molecule has 6 nitrogen and oxygen atoms in total. The maximum absolute atomic E-state index is 10.6. The second-order valence-corrected chi connectivity index (χ2v) is 6.07. The van der Waals surface area contributed by atoms with E-state index in [0.29, 0.717) is 0 Å². The number of primary amides is 1. The van der Waals surface area contributed by atoms with Crippen LogP contribution in [0.25, 0.3) is 0 Å². The molecule has 1 saturated heterocycles. The predicted molar refractivity (Wildman–Crippen MR) is 101 cm³/mol. The van der Waals surface area contributed by atoms with Crippen molar-refractivity contribution in [2.24, 2.45) is 10.8 Å². The molecule has 0 atom stereocenters. The highest BCUT2D eigenvalue weighted by molar-refractivity contribution is 5.82. The van der Waals surface area contributed by atoms with Crippen LogP contribution < -0.4 is 16.1 Å². The number of nitrogens with two attached hydrogens (primary N) is 1. The van der Waals surface area contributed by atoms with Crippen molar-refractivity contribution in [1.29, 1.82) is 0 Å². The largest absolute Gasteiger partial charge is 0.369 e. The number of benzene rings is 2. The van der Waals surface area contributed by atoms with Crippen LogP contribution in [0.2, 0.25) is 0 Å². The molecular weight excluding hydrogens is 314 g/mol. The van der Waals surface area contributed by atoms with E-state index in [4.69, 9.17) is 5.73 Å². The Labute approximate surface area is 147 Å². The minimum absolute atomic E-state index is 0.666. The van der Waals surface area contributed by atoms with Gasteiger partial charge in [-0.3, -0.25) is 4.90 Å². The lowest BCUT2D eigenvalue weighted by molar-refractivity contribution is 0.249. The topological polar surface area (TPSA) is 74.0 Å². The lowest BCUT2D eigenvalue weighted by Gasteiger charge is -2.36. The van der Waals surface area contributed by atoms with Gasteiger partial charge in [-0.25, -0.2) is 10.2 Å². The molecule has 0 bridgehead atoms. The number of rotatable bonds is 5. The second-order valence-electron chi connectivity index (χ2n) is 6.07. The van der Waals surface area contributed by atoms with E-state index in [-0.39, 0.29) is 0 Å². The van der Waals surface area contributed by atoms with Crippen molar-refractivity contribution in [1.82, 2.24) is 10.3 Å². The molecule has 2 aromatic rings. The first kappa shape index (κ1) is 17.0. The van der Waals surface area contributed by atoms with Crippen LogP contribution in [0.1, 0.15) is 11.1 Å². The molecule has 6 heteroatoms. The fourth-order valence-corrected chi connectivity index (χ4v) is 2.95. The van der Waals surface area contributed by atoms with Crippen molar-refractivity contribution >= 4 is 17.9 Å². The molecule has 2 amide bonds. The third-order valence-electron chi connectivity index (χ3n) is 4.27. The highest BCUT2D eigenvalue weighted by Crippen LogP contribution is 2.18. The fourth-order valence-electron chi connectivity index (χ4n) is 2.95. The van der Waals surface area contributed by atoms with Crippen molar-refractivity contribution in [3.05, 3.63) is 65.7 Å². The normalized spacial score (nSPS) is 15.4. The molecule has 0 radical (unpaired) electrons. The van der Waals surface area contributed by atoms with E-state index >= 15 is 0 Å². The average molecular weight is 337 g/mol. The minimum Gasteiger partial charge on any atom is -0.369 e. The summed E-state index contributed by atoms with van der Waals surface area (Å²) in [6.45, 7) is 5.16. The van der Waals surface area contributed by atoms with E-state index in [9.17, 15) is 4.79 Å². The van der Waals surface area contributed by atoms with Gasteiger partial charge in [-0.15, -0.1) is 0 Å². The molecule has 1 aliphatic rings. The third-order valence-corrected chi connectivity index (χ3v) is 4.27. The number of hydrogen-bond donors (Lipinski definition) is 2. The Bertz CT molecular complexity index is 706. The molecule has 3 rings (SSSR count). The first-order valence-corrected chi connectivity index (χ1v) is 8.40. The number of anilines is 1. The summed E-state index contributed by atoms with van der Waals surface area (Å²) < 4.78 is 0. The zero-order valence-corrected chi connectivity index (χ0v) is 14.1. The molecule has 1 heterocycles. The van der Waals surface area contributed by atoms with E-state index in [2.05, 4.69) is 62.8 Å². The van der Waals surface area contributed by atoms with Crippen LogP contribution in [0.3, 0.4) is 0 Å². The monoisotopic (exact) mass is 337 g/mol. The third kappa shape index (κ3) is 5.06. The second kappa shape index (κ2) is 8.30. The summed E-state index contributed by atoms with van der Waals surface area (Å²) >= 11 is 0. The standard InChI is InChI=1S/C19H23N5O/c20-19(25)22-21-14-16-6-8-18(9-7-16)24-12-10-23(11-13-24)15-17-4-2-1-3-5-17/h1-9,14H,10-13,15H2,(H3,20,22,25). The van der Waals surface area contributed by atoms with Crippen LogP contribution in [-0.4, -0.2) is 43.3 Å². The molecule has 0 unspecified atom stereocenters. The molecule has 0 spiro atoms. The summed E-state index contributed by atoms with van der Waals surface area (Å²) in [7, 11) is 0. The number of urea groups is 1. The number of carbonyl (C=O) groups is 1. The van der Waals surface area contributed by atoms with Crippen molar-refractivity contribution in [3.8, 4) is 0 Å². The van der Waals surface area contributed by atoms with Crippen molar-refractivity contribution in [2.75, 3.05) is 31.1 Å². The molecule has 2 aromatic carbocycles. The Hall–Kier alpha value is -2.86. The summed E-state index contributed by atoms with van der Waals surface area (Å²) in [6.07, 6.45) is 1.58. The van der Waals surface area contributed by atoms with Gasteiger partial charge in [0.25, 0.3) is 0 Å². The zero-order valence-electron chi connectivity index (χ0n) is 14.1. The number of hydrogen-bond acceptors (Lipinski definition) is 4. The van der Waals surface area contributed by atoms with Crippen LogP contribution in [0, 0.1) is 0 Å². The summed E-state index contributed by atoms with van der Waals surface area (Å²) in [6, 6.07) is 18.1. The SMILES string of the molecule is NC(=O)NN=Cc1ccc(N2CCN(Cc3ccccc3)CC2)cc1. The minimum atomic E-state index is -0.666. The number of nitrogens with one attached hydrogen (secondary N) is 1. The summed E-state index contributed by atoms with van der Waals surface area (Å²) in [5.74, 6) is 0. The van der Waals surface area contributed by atoms with Gasteiger partial charge in [0.05, 0.1) is 6.21 Å². The lowest BCUT2D eigenvalue weighted by atomic mass is 10.1. The lowest BCUT2D eigenvalue weighted by Crippen LogP contribution is -2.45. The molecule has 0 aliphatic carbocycles. The van der Waals surface area contributed by atoms with E-state index in [1.807, 2.05) is 12.1 Å². The quantitative estimate of drug-likeness (QED) is 0.647. The number of carbonyl (C=O) groups excluding carboxylic acids is 1. The number of hydrazone groups is 1. The average Bonchev–Trinajstić information content (AvgIpc) is 2.64. The smallest absolute Gasteiger partial charge is 0.332 e. The van der Waals surface area contributed by atoms with Crippen molar-refractivity contribution < 1.29 is 4.79 Å². The number of nitrogens with zero attached hydrogens (tertiary/aromatic N) is 3. The van der Waals surface area contributed by atoms with E-state index < -0.39 is 6.03 Å². The summed E-state index contributed by atoms with van der Waals surface area (Å²) in [5, 5.41) is 3.76. The van der Waals surface area contributed by atoms with Gasteiger partial charge in [-0.1, -0.05) is 42.5 Å². The van der Waals surface area contributed by atoms with Crippen LogP contribution in [0.15, 0.2) is 59.7 Å². The summed E-state index contributed by atoms with van der Waals surface area (Å²) in [5.41, 5.74) is 10.6. The van der Waals surface area contributed by atoms with Gasteiger partial charge in [0.1, 0.15) is 0 Å². The maximum atomic E-state index is 10.6. The van der Waals surface area contributed by atoms with E-state index in [0.717, 1.165) is 38.3 Å². The molecular formula is C19H23N5O. The van der Waals surface area contributed by atoms with Gasteiger partial charge < -0.3 is 10.6 Å². The molecule has 3 N–H and O–H groups in total. The Morgan fingerprint density at radius 3 is 2.36 bits per heavy atom. The van der Waals surface area contributed by atoms with Gasteiger partial charge in [-0.2, -0.15) is 5.10 Å². The highest BCUT2D eigenvalue weighted by atomic mass is 16.2. The molecule has 1 fully saturated rings. The van der Waals surface area contributed by atoms with E-state index in [1.54, 1.807) is 6.21 Å². The number of amides is 2. The van der Waals surface area contributed by atoms with Crippen LogP contribution >= 0.6 is 0 Å². The summed E-state index contributed by atoms with van der Waals surface area (Å²) in [4.78, 5) is 15.5. The van der Waals surface area contributed by atoms with Crippen LogP contribution in [0.4, 0.5) is 10.5 Å². The van der Waals surface area contributed by atoms with Gasteiger partial charge in [-0.05, 0) is 23.3 Å². The predicted octanol–water partition coefficient (Wildman–Crippen LogP) is 2.01. The van der Waals surface area contributed by atoms with Crippen LogP contribution in [-0.2, 0) is 6.54 Å². The molecule has 130 valence electrons. The Kier molecular flexibility index (Phi) is 5.64. The van der Waals surface area contributed by atoms with Crippen LogP contribution in [0.5, 0.6) is 0 Å². The van der Waals surface area contributed by atoms with Gasteiger partial charge in [0, 0.05) is 38.4 Å². The van der Waals surface area contributed by atoms with Gasteiger partial charge in [0.15, 0.2) is 0 Å². The Morgan fingerprint density at radius 2 is 1.72 bits per heavy atom.